The molecule has 300 valence electrons. The fraction of sp³-hybridized carbons (Fsp3) is 0.550. The Hall–Kier alpha value is -5.02. The number of aryl methyl sites for hydroxylation is 1. The zero-order chi connectivity index (χ0) is 39.9. The number of hydrogen-bond acceptors (Lipinski definition) is 8. The number of aliphatic carboxylic acids is 1. The van der Waals surface area contributed by atoms with Crippen molar-refractivity contribution < 1.29 is 29.1 Å². The number of nitrogens with zero attached hydrogens (tertiary/aromatic N) is 3. The molecule has 2 heterocycles. The van der Waals surface area contributed by atoms with E-state index >= 15 is 0 Å². The lowest BCUT2D eigenvalue weighted by atomic mass is 9.99. The summed E-state index contributed by atoms with van der Waals surface area (Å²) in [5, 5.41) is 18.3. The van der Waals surface area contributed by atoms with Crippen LogP contribution in [0.3, 0.4) is 0 Å². The van der Waals surface area contributed by atoms with Crippen LogP contribution in [0.15, 0.2) is 65.7 Å². The van der Waals surface area contributed by atoms with Crippen molar-refractivity contribution in [3.05, 3.63) is 71.8 Å². The SMILES string of the molecule is CC(C)C[C@@H](NC(=O)[C@@H](CCc1ccccc1)NC(=O)[C@H](N)Cc1ccccc1)C(=O)N[C@H](CCN=C(N)N)C(=O)N1CCC(N2CCC[C@H]2C(=O)O)CC1. The van der Waals surface area contributed by atoms with Gasteiger partial charge >= 0.3 is 5.97 Å². The number of carboxylic acid groups (broad SMARTS) is 1. The van der Waals surface area contributed by atoms with E-state index in [0.29, 0.717) is 45.3 Å². The molecule has 2 aliphatic heterocycles. The summed E-state index contributed by atoms with van der Waals surface area (Å²) in [7, 11) is 0. The van der Waals surface area contributed by atoms with Gasteiger partial charge in [0.1, 0.15) is 24.2 Å². The largest absolute Gasteiger partial charge is 0.480 e. The number of aliphatic imine (C=N–C) groups is 1. The van der Waals surface area contributed by atoms with Crippen LogP contribution in [0.1, 0.15) is 69.9 Å². The number of carbonyl (C=O) groups is 5. The maximum Gasteiger partial charge on any atom is 0.320 e. The average Bonchev–Trinajstić information content (AvgIpc) is 3.67. The van der Waals surface area contributed by atoms with Crippen LogP contribution < -0.4 is 33.2 Å². The second-order valence-electron chi connectivity index (χ2n) is 15.0. The molecule has 0 unspecified atom stereocenters. The standard InChI is InChI=1S/C40H59N9O6/c1-26(2)24-33(47-36(51)31(16-15-27-10-5-3-6-11-27)45-35(50)30(41)25-28-12-7-4-8-13-28)37(52)46-32(17-20-44-40(42)43)38(53)48-22-18-29(19-23-48)49-21-9-14-34(49)39(54)55/h3-8,10-13,26,29-34H,9,14-25,41H2,1-2H3,(H,45,50)(H,46,52)(H,47,51)(H,54,55)(H4,42,43,44)/t30-,31-,32-,33-,34+/m1/s1. The van der Waals surface area contributed by atoms with Crippen molar-refractivity contribution in [3.63, 3.8) is 0 Å². The van der Waals surface area contributed by atoms with Crippen LogP contribution in [0.25, 0.3) is 0 Å². The van der Waals surface area contributed by atoms with E-state index in [1.807, 2.05) is 79.4 Å². The van der Waals surface area contributed by atoms with Gasteiger partial charge in [-0.3, -0.25) is 33.9 Å². The minimum Gasteiger partial charge on any atom is -0.480 e. The molecule has 15 nitrogen and oxygen atoms in total. The Bertz CT molecular complexity index is 1600. The van der Waals surface area contributed by atoms with Gasteiger partial charge in [0.25, 0.3) is 0 Å². The molecule has 2 aliphatic rings. The molecule has 55 heavy (non-hydrogen) atoms. The van der Waals surface area contributed by atoms with Crippen LogP contribution in [-0.4, -0.2) is 113 Å². The van der Waals surface area contributed by atoms with Gasteiger partial charge in [0.15, 0.2) is 5.96 Å². The Kier molecular flexibility index (Phi) is 16.4. The number of rotatable bonds is 19. The first-order chi connectivity index (χ1) is 26.3. The van der Waals surface area contributed by atoms with E-state index in [2.05, 4.69) is 20.9 Å². The van der Waals surface area contributed by atoms with Gasteiger partial charge < -0.3 is 43.2 Å². The summed E-state index contributed by atoms with van der Waals surface area (Å²) in [4.78, 5) is 74.9. The number of nitrogens with one attached hydrogen (secondary N) is 3. The lowest BCUT2D eigenvalue weighted by molar-refractivity contribution is -0.144. The van der Waals surface area contributed by atoms with Crippen molar-refractivity contribution in [2.45, 2.75) is 108 Å². The predicted molar refractivity (Wildman–Crippen MR) is 210 cm³/mol. The minimum absolute atomic E-state index is 0.0114. The fourth-order valence-corrected chi connectivity index (χ4v) is 7.42. The molecule has 0 aliphatic carbocycles. The van der Waals surface area contributed by atoms with Crippen LogP contribution in [0.5, 0.6) is 0 Å². The molecular formula is C40H59N9O6. The monoisotopic (exact) mass is 761 g/mol. The van der Waals surface area contributed by atoms with Crippen molar-refractivity contribution in [2.24, 2.45) is 28.1 Å². The van der Waals surface area contributed by atoms with Crippen LogP contribution >= 0.6 is 0 Å². The highest BCUT2D eigenvalue weighted by molar-refractivity contribution is 5.95. The van der Waals surface area contributed by atoms with E-state index < -0.39 is 53.9 Å². The van der Waals surface area contributed by atoms with Gasteiger partial charge in [-0.25, -0.2) is 0 Å². The topological polar surface area (TPSA) is 239 Å². The second-order valence-corrected chi connectivity index (χ2v) is 15.0. The van der Waals surface area contributed by atoms with Gasteiger partial charge in [0.2, 0.25) is 23.6 Å². The van der Waals surface area contributed by atoms with Gasteiger partial charge in [-0.05, 0) is 81.4 Å². The molecule has 4 amide bonds. The molecule has 10 N–H and O–H groups in total. The Morgan fingerprint density at radius 2 is 1.36 bits per heavy atom. The summed E-state index contributed by atoms with van der Waals surface area (Å²) in [6, 6.07) is 14.6. The molecule has 2 saturated heterocycles. The highest BCUT2D eigenvalue weighted by atomic mass is 16.4. The van der Waals surface area contributed by atoms with E-state index in [9.17, 15) is 29.1 Å². The molecule has 0 radical (unpaired) electrons. The van der Waals surface area contributed by atoms with E-state index in [1.165, 1.54) is 0 Å². The minimum atomic E-state index is -1.02. The maximum absolute atomic E-state index is 14.0. The van der Waals surface area contributed by atoms with Crippen molar-refractivity contribution in [1.82, 2.24) is 25.8 Å². The summed E-state index contributed by atoms with van der Waals surface area (Å²) < 4.78 is 0. The Morgan fingerprint density at radius 3 is 1.96 bits per heavy atom. The second kappa shape index (κ2) is 21.2. The summed E-state index contributed by atoms with van der Waals surface area (Å²) in [6.45, 7) is 5.45. The number of likely N-dealkylation sites (tertiary alicyclic amines) is 2. The molecule has 15 heteroatoms. The number of benzene rings is 2. The van der Waals surface area contributed by atoms with Crippen LogP contribution in [0, 0.1) is 5.92 Å². The number of carboxylic acids is 1. The number of nitrogens with two attached hydrogens (primary N) is 3. The quantitative estimate of drug-likeness (QED) is 0.0789. The zero-order valence-electron chi connectivity index (χ0n) is 32.1. The lowest BCUT2D eigenvalue weighted by Crippen LogP contribution is -2.59. The summed E-state index contributed by atoms with van der Waals surface area (Å²) in [6.07, 6.45) is 4.08. The average molecular weight is 762 g/mol. The van der Waals surface area contributed by atoms with Crippen molar-refractivity contribution in [3.8, 4) is 0 Å². The summed E-state index contributed by atoms with van der Waals surface area (Å²) in [5.74, 6) is -2.85. The van der Waals surface area contributed by atoms with Crippen LogP contribution in [0.2, 0.25) is 0 Å². The lowest BCUT2D eigenvalue weighted by Gasteiger charge is -2.39. The predicted octanol–water partition coefficient (Wildman–Crippen LogP) is 0.893. The normalized spacial score (nSPS) is 18.5. The third kappa shape index (κ3) is 13.4. The van der Waals surface area contributed by atoms with Gasteiger partial charge in [0, 0.05) is 25.7 Å². The van der Waals surface area contributed by atoms with Gasteiger partial charge in [-0.15, -0.1) is 0 Å². The molecule has 2 fully saturated rings. The van der Waals surface area contributed by atoms with E-state index in [0.717, 1.165) is 17.5 Å². The van der Waals surface area contributed by atoms with Crippen LogP contribution in [-0.2, 0) is 36.8 Å². The van der Waals surface area contributed by atoms with Gasteiger partial charge in [-0.1, -0.05) is 74.5 Å². The number of amides is 4. The number of piperidine rings is 1. The molecule has 4 rings (SSSR count). The molecule has 2 aromatic carbocycles. The number of guanidine groups is 1. The smallest absolute Gasteiger partial charge is 0.320 e. The van der Waals surface area contributed by atoms with Crippen molar-refractivity contribution >= 4 is 35.6 Å². The van der Waals surface area contributed by atoms with E-state index in [4.69, 9.17) is 17.2 Å². The first kappa shape index (κ1) is 42.7. The van der Waals surface area contributed by atoms with Crippen molar-refractivity contribution in [1.29, 1.82) is 0 Å². The first-order valence-corrected chi connectivity index (χ1v) is 19.4. The fourth-order valence-electron chi connectivity index (χ4n) is 7.42. The number of hydrogen-bond donors (Lipinski definition) is 7. The molecule has 0 spiro atoms. The molecule has 2 aromatic rings. The Labute approximate surface area is 323 Å². The highest BCUT2D eigenvalue weighted by Gasteiger charge is 2.39. The first-order valence-electron chi connectivity index (χ1n) is 19.4. The molecule has 0 bridgehead atoms. The Morgan fingerprint density at radius 1 is 0.782 bits per heavy atom. The van der Waals surface area contributed by atoms with Crippen molar-refractivity contribution in [2.75, 3.05) is 26.2 Å². The maximum atomic E-state index is 14.0. The molecule has 5 atom stereocenters. The summed E-state index contributed by atoms with van der Waals surface area (Å²) in [5.41, 5.74) is 19.3. The van der Waals surface area contributed by atoms with Gasteiger partial charge in [-0.2, -0.15) is 0 Å². The summed E-state index contributed by atoms with van der Waals surface area (Å²) >= 11 is 0. The van der Waals surface area contributed by atoms with E-state index in [1.54, 1.807) is 4.90 Å². The highest BCUT2D eigenvalue weighted by Crippen LogP contribution is 2.26. The zero-order valence-corrected chi connectivity index (χ0v) is 32.1. The number of carbonyl (C=O) groups excluding carboxylic acids is 4. The van der Waals surface area contributed by atoms with E-state index in [-0.39, 0.29) is 56.1 Å². The van der Waals surface area contributed by atoms with Crippen LogP contribution in [0.4, 0.5) is 0 Å². The Balaban J connectivity index is 1.46. The third-order valence-corrected chi connectivity index (χ3v) is 10.3. The van der Waals surface area contributed by atoms with Gasteiger partial charge in [0.05, 0.1) is 6.04 Å². The molecular weight excluding hydrogens is 702 g/mol. The molecule has 0 aromatic heterocycles. The third-order valence-electron chi connectivity index (χ3n) is 10.3. The molecule has 0 saturated carbocycles.